The summed E-state index contributed by atoms with van der Waals surface area (Å²) >= 11 is 0. The minimum atomic E-state index is -0.650. The lowest BCUT2D eigenvalue weighted by molar-refractivity contribution is 0.0732. The summed E-state index contributed by atoms with van der Waals surface area (Å²) in [6, 6.07) is 20.4. The Balaban J connectivity index is 1.95. The van der Waals surface area contributed by atoms with Crippen LogP contribution in [0.5, 0.6) is 5.75 Å². The van der Waals surface area contributed by atoms with Gasteiger partial charge in [0.15, 0.2) is 5.78 Å². The lowest BCUT2D eigenvalue weighted by Crippen LogP contribution is -2.12. The SMILES string of the molecule is O=C(Oc1cc(F)ccc1C(=O)c1ccccc1)c1ccccc1. The third-order valence-corrected chi connectivity index (χ3v) is 3.44. The molecule has 0 atom stereocenters. The second-order valence-electron chi connectivity index (χ2n) is 5.09. The average molecular weight is 320 g/mol. The molecule has 0 spiro atoms. The fourth-order valence-corrected chi connectivity index (χ4v) is 2.25. The molecule has 3 aromatic rings. The maximum Gasteiger partial charge on any atom is 0.343 e. The second-order valence-corrected chi connectivity index (χ2v) is 5.09. The molecular formula is C20H13FO3. The van der Waals surface area contributed by atoms with E-state index in [1.165, 1.54) is 6.07 Å². The van der Waals surface area contributed by atoms with Crippen LogP contribution in [0.3, 0.4) is 0 Å². The minimum absolute atomic E-state index is 0.0993. The standard InChI is InChI=1S/C20H13FO3/c21-16-11-12-17(19(22)14-7-3-1-4-8-14)18(13-16)24-20(23)15-9-5-2-6-10-15/h1-13H. The lowest BCUT2D eigenvalue weighted by Gasteiger charge is -2.10. The van der Waals surface area contributed by atoms with Crippen molar-refractivity contribution < 1.29 is 18.7 Å². The average Bonchev–Trinajstić information content (AvgIpc) is 2.63. The van der Waals surface area contributed by atoms with Crippen LogP contribution in [0.25, 0.3) is 0 Å². The number of hydrogen-bond donors (Lipinski definition) is 0. The Morgan fingerprint density at radius 2 is 1.33 bits per heavy atom. The van der Waals surface area contributed by atoms with Crippen LogP contribution in [0.15, 0.2) is 78.9 Å². The van der Waals surface area contributed by atoms with E-state index in [0.717, 1.165) is 12.1 Å². The zero-order valence-corrected chi connectivity index (χ0v) is 12.6. The molecule has 0 radical (unpaired) electrons. The summed E-state index contributed by atoms with van der Waals surface area (Å²) < 4.78 is 18.8. The summed E-state index contributed by atoms with van der Waals surface area (Å²) in [6.07, 6.45) is 0. The molecule has 0 saturated heterocycles. The summed E-state index contributed by atoms with van der Waals surface area (Å²) in [6.45, 7) is 0. The van der Waals surface area contributed by atoms with Gasteiger partial charge in [-0.25, -0.2) is 9.18 Å². The van der Waals surface area contributed by atoms with Crippen LogP contribution in [0, 0.1) is 5.82 Å². The highest BCUT2D eigenvalue weighted by atomic mass is 19.1. The van der Waals surface area contributed by atoms with Gasteiger partial charge in [-0.05, 0) is 24.3 Å². The molecule has 0 unspecified atom stereocenters. The van der Waals surface area contributed by atoms with Gasteiger partial charge in [-0.2, -0.15) is 0 Å². The van der Waals surface area contributed by atoms with Crippen molar-refractivity contribution in [3.8, 4) is 5.75 Å². The molecule has 0 aliphatic carbocycles. The number of rotatable bonds is 4. The van der Waals surface area contributed by atoms with Gasteiger partial charge in [0.2, 0.25) is 0 Å². The predicted octanol–water partition coefficient (Wildman–Crippen LogP) is 4.28. The highest BCUT2D eigenvalue weighted by molar-refractivity contribution is 6.11. The van der Waals surface area contributed by atoms with E-state index < -0.39 is 11.8 Å². The van der Waals surface area contributed by atoms with Crippen molar-refractivity contribution in [2.75, 3.05) is 0 Å². The van der Waals surface area contributed by atoms with Crippen LogP contribution in [-0.2, 0) is 0 Å². The van der Waals surface area contributed by atoms with E-state index in [0.29, 0.717) is 11.1 Å². The van der Waals surface area contributed by atoms with Crippen molar-refractivity contribution in [1.82, 2.24) is 0 Å². The Bertz CT molecular complexity index is 874. The van der Waals surface area contributed by atoms with Crippen LogP contribution >= 0.6 is 0 Å². The zero-order valence-electron chi connectivity index (χ0n) is 12.6. The molecule has 0 N–H and O–H groups in total. The largest absolute Gasteiger partial charge is 0.422 e. The van der Waals surface area contributed by atoms with Crippen molar-refractivity contribution in [3.05, 3.63) is 101 Å². The molecule has 3 aromatic carbocycles. The van der Waals surface area contributed by atoms with Gasteiger partial charge >= 0.3 is 5.97 Å². The first-order valence-corrected chi connectivity index (χ1v) is 7.31. The third kappa shape index (κ3) is 3.38. The van der Waals surface area contributed by atoms with Crippen LogP contribution in [0.2, 0.25) is 0 Å². The first kappa shape index (κ1) is 15.6. The summed E-state index contributed by atoms with van der Waals surface area (Å²) in [5, 5.41) is 0. The van der Waals surface area contributed by atoms with Crippen molar-refractivity contribution >= 4 is 11.8 Å². The van der Waals surface area contributed by atoms with Gasteiger partial charge in [0.05, 0.1) is 11.1 Å². The van der Waals surface area contributed by atoms with Crippen LogP contribution in [0.1, 0.15) is 26.3 Å². The Labute approximate surface area is 138 Å². The highest BCUT2D eigenvalue weighted by Crippen LogP contribution is 2.24. The van der Waals surface area contributed by atoms with Gasteiger partial charge < -0.3 is 4.74 Å². The predicted molar refractivity (Wildman–Crippen MR) is 87.7 cm³/mol. The minimum Gasteiger partial charge on any atom is -0.422 e. The number of hydrogen-bond acceptors (Lipinski definition) is 3. The molecule has 0 fully saturated rings. The molecule has 0 heterocycles. The molecule has 24 heavy (non-hydrogen) atoms. The summed E-state index contributed by atoms with van der Waals surface area (Å²) in [5.41, 5.74) is 0.882. The molecule has 3 rings (SSSR count). The van der Waals surface area contributed by atoms with Crippen molar-refractivity contribution in [2.45, 2.75) is 0 Å². The lowest BCUT2D eigenvalue weighted by atomic mass is 10.0. The Morgan fingerprint density at radius 1 is 0.750 bits per heavy atom. The number of halogens is 1. The zero-order chi connectivity index (χ0) is 16.9. The van der Waals surface area contributed by atoms with Crippen LogP contribution < -0.4 is 4.74 Å². The number of carbonyl (C=O) groups is 2. The number of carbonyl (C=O) groups excluding carboxylic acids is 2. The topological polar surface area (TPSA) is 43.4 Å². The van der Waals surface area contributed by atoms with E-state index in [9.17, 15) is 14.0 Å². The second kappa shape index (κ2) is 6.87. The summed E-state index contributed by atoms with van der Waals surface area (Å²) in [5.74, 6) is -1.68. The Hall–Kier alpha value is -3.27. The van der Waals surface area contributed by atoms with E-state index in [-0.39, 0.29) is 17.1 Å². The Kier molecular flexibility index (Phi) is 4.47. The number of ketones is 1. The molecule has 4 heteroatoms. The van der Waals surface area contributed by atoms with E-state index in [2.05, 4.69) is 0 Å². The van der Waals surface area contributed by atoms with Gasteiger partial charge in [0, 0.05) is 11.6 Å². The molecule has 0 aromatic heterocycles. The van der Waals surface area contributed by atoms with E-state index in [1.54, 1.807) is 60.7 Å². The smallest absolute Gasteiger partial charge is 0.343 e. The van der Waals surface area contributed by atoms with Gasteiger partial charge in [-0.3, -0.25) is 4.79 Å². The molecule has 3 nitrogen and oxygen atoms in total. The van der Waals surface area contributed by atoms with Crippen molar-refractivity contribution in [3.63, 3.8) is 0 Å². The van der Waals surface area contributed by atoms with E-state index >= 15 is 0 Å². The number of esters is 1. The van der Waals surface area contributed by atoms with E-state index in [1.807, 2.05) is 0 Å². The monoisotopic (exact) mass is 320 g/mol. The van der Waals surface area contributed by atoms with Crippen molar-refractivity contribution in [1.29, 1.82) is 0 Å². The quantitative estimate of drug-likeness (QED) is 0.409. The fourth-order valence-electron chi connectivity index (χ4n) is 2.25. The number of ether oxygens (including phenoxy) is 1. The fraction of sp³-hybridized carbons (Fsp3) is 0. The normalized spacial score (nSPS) is 10.2. The summed E-state index contributed by atoms with van der Waals surface area (Å²) in [7, 11) is 0. The Morgan fingerprint density at radius 3 is 1.96 bits per heavy atom. The third-order valence-electron chi connectivity index (χ3n) is 3.44. The van der Waals surface area contributed by atoms with Crippen LogP contribution in [-0.4, -0.2) is 11.8 Å². The molecule has 0 saturated carbocycles. The maximum absolute atomic E-state index is 13.6. The highest BCUT2D eigenvalue weighted by Gasteiger charge is 2.18. The van der Waals surface area contributed by atoms with Gasteiger partial charge in [0.25, 0.3) is 0 Å². The molecule has 0 aliphatic rings. The molecular weight excluding hydrogens is 307 g/mol. The summed E-state index contributed by atoms with van der Waals surface area (Å²) in [4.78, 5) is 24.8. The first-order chi connectivity index (χ1) is 11.6. The maximum atomic E-state index is 13.6. The molecule has 0 bridgehead atoms. The van der Waals surface area contributed by atoms with Gasteiger partial charge in [-0.1, -0.05) is 48.5 Å². The number of benzene rings is 3. The van der Waals surface area contributed by atoms with E-state index in [4.69, 9.17) is 4.74 Å². The van der Waals surface area contributed by atoms with Gasteiger partial charge in [0.1, 0.15) is 11.6 Å². The first-order valence-electron chi connectivity index (χ1n) is 7.31. The van der Waals surface area contributed by atoms with Gasteiger partial charge in [-0.15, -0.1) is 0 Å². The molecule has 118 valence electrons. The van der Waals surface area contributed by atoms with Crippen LogP contribution in [0.4, 0.5) is 4.39 Å². The molecule has 0 aliphatic heterocycles. The van der Waals surface area contributed by atoms with Crippen molar-refractivity contribution in [2.24, 2.45) is 0 Å². The molecule has 0 amide bonds.